The van der Waals surface area contributed by atoms with Crippen LogP contribution in [0.1, 0.15) is 19.1 Å². The summed E-state index contributed by atoms with van der Waals surface area (Å²) in [5, 5.41) is 32.5. The van der Waals surface area contributed by atoms with Gasteiger partial charge in [-0.15, -0.1) is 12.4 Å². The smallest absolute Gasteiger partial charge is 0.311 e. The summed E-state index contributed by atoms with van der Waals surface area (Å²) in [5.74, 6) is 0.469. The van der Waals surface area contributed by atoms with Crippen LogP contribution in [0.2, 0.25) is 0 Å². The normalized spacial score (nSPS) is 28.9. The zero-order valence-corrected chi connectivity index (χ0v) is 14.5. The Morgan fingerprint density at radius 3 is 2.64 bits per heavy atom. The number of aliphatic hydroxyl groups excluding tert-OH is 3. The van der Waals surface area contributed by atoms with Crippen molar-refractivity contribution < 1.29 is 20.1 Å². The zero-order valence-electron chi connectivity index (χ0n) is 12.9. The summed E-state index contributed by atoms with van der Waals surface area (Å²) in [6.07, 6.45) is -2.75. The number of hydrogen-bond acceptors (Lipinski definition) is 10. The summed E-state index contributed by atoms with van der Waals surface area (Å²) in [7, 11) is 0. The number of halogens is 1. The molecular weight excluding hydrogens is 374 g/mol. The minimum Gasteiger partial charge on any atom is -0.394 e. The van der Waals surface area contributed by atoms with E-state index in [4.69, 9.17) is 10.5 Å². The maximum Gasteiger partial charge on any atom is 0.311 e. The number of anilines is 2. The van der Waals surface area contributed by atoms with E-state index in [-0.39, 0.29) is 24.0 Å². The van der Waals surface area contributed by atoms with Gasteiger partial charge in [0, 0.05) is 6.04 Å². The third kappa shape index (κ3) is 3.07. The molecule has 2 aliphatic rings. The number of nitrogens with zero attached hydrogens (tertiary/aromatic N) is 3. The van der Waals surface area contributed by atoms with Crippen molar-refractivity contribution in [3.8, 4) is 0 Å². The van der Waals surface area contributed by atoms with Crippen LogP contribution in [-0.4, -0.2) is 60.8 Å². The average molecular weight is 392 g/mol. The van der Waals surface area contributed by atoms with Crippen LogP contribution in [0, 0.1) is 0 Å². The van der Waals surface area contributed by atoms with Gasteiger partial charge in [0.15, 0.2) is 17.7 Å². The van der Waals surface area contributed by atoms with Crippen LogP contribution >= 0.6 is 23.7 Å². The maximum atomic E-state index is 12.4. The number of nitrogens with one attached hydrogen (secondary N) is 1. The van der Waals surface area contributed by atoms with Gasteiger partial charge in [0.2, 0.25) is 5.95 Å². The van der Waals surface area contributed by atoms with Gasteiger partial charge in [0.25, 0.3) is 0 Å². The van der Waals surface area contributed by atoms with Crippen LogP contribution < -0.4 is 15.9 Å². The molecule has 0 aromatic carbocycles. The molecule has 1 aliphatic carbocycles. The standard InChI is InChI=1S/C13H17N5O5S.ClH/c14-12-16-9(15-4-1-2-4)8-10(17-12)18(13(22)24-8)11-7(21)6(20)5(3-19)23-11;/h4-7,11,19-21H,1-3H2,(H3,14,15,16,17);1H/t5-,6-,7-,11-;/m1./s1. The molecule has 0 amide bonds. The van der Waals surface area contributed by atoms with Crippen molar-refractivity contribution in [2.24, 2.45) is 0 Å². The molecule has 25 heavy (non-hydrogen) atoms. The first-order valence-electron chi connectivity index (χ1n) is 7.57. The van der Waals surface area contributed by atoms with Crippen molar-refractivity contribution in [2.45, 2.75) is 43.4 Å². The lowest BCUT2D eigenvalue weighted by Gasteiger charge is -2.16. The second-order valence-electron chi connectivity index (χ2n) is 5.97. The molecule has 2 aromatic heterocycles. The van der Waals surface area contributed by atoms with Crippen LogP contribution in [0.4, 0.5) is 11.8 Å². The molecule has 1 saturated heterocycles. The van der Waals surface area contributed by atoms with E-state index in [9.17, 15) is 20.1 Å². The highest BCUT2D eigenvalue weighted by Crippen LogP contribution is 2.34. The fraction of sp³-hybridized carbons (Fsp3) is 0.615. The van der Waals surface area contributed by atoms with Crippen LogP contribution in [0.25, 0.3) is 10.3 Å². The fourth-order valence-electron chi connectivity index (χ4n) is 2.77. The van der Waals surface area contributed by atoms with Crippen LogP contribution in [0.15, 0.2) is 4.79 Å². The molecule has 138 valence electrons. The van der Waals surface area contributed by atoms with Crippen molar-refractivity contribution in [3.05, 3.63) is 9.67 Å². The molecule has 4 atom stereocenters. The van der Waals surface area contributed by atoms with Crippen LogP contribution in [0.3, 0.4) is 0 Å². The highest BCUT2D eigenvalue weighted by molar-refractivity contribution is 7.17. The summed E-state index contributed by atoms with van der Waals surface area (Å²) >= 11 is 0.912. The van der Waals surface area contributed by atoms with E-state index in [2.05, 4.69) is 15.3 Å². The maximum absolute atomic E-state index is 12.4. The summed E-state index contributed by atoms with van der Waals surface area (Å²) in [6.45, 7) is -0.475. The van der Waals surface area contributed by atoms with Gasteiger partial charge in [-0.1, -0.05) is 11.3 Å². The zero-order chi connectivity index (χ0) is 17.0. The monoisotopic (exact) mass is 391 g/mol. The first kappa shape index (κ1) is 18.3. The highest BCUT2D eigenvalue weighted by Gasteiger charge is 2.45. The van der Waals surface area contributed by atoms with E-state index in [0.717, 1.165) is 28.7 Å². The third-order valence-corrected chi connectivity index (χ3v) is 5.12. The van der Waals surface area contributed by atoms with Gasteiger partial charge in [-0.2, -0.15) is 9.97 Å². The lowest BCUT2D eigenvalue weighted by atomic mass is 10.1. The third-order valence-electron chi connectivity index (χ3n) is 4.17. The van der Waals surface area contributed by atoms with E-state index >= 15 is 0 Å². The van der Waals surface area contributed by atoms with Crippen molar-refractivity contribution in [1.29, 1.82) is 0 Å². The van der Waals surface area contributed by atoms with Crippen molar-refractivity contribution in [3.63, 3.8) is 0 Å². The minimum absolute atomic E-state index is 0. The minimum atomic E-state index is -1.37. The molecule has 1 aliphatic heterocycles. The number of rotatable bonds is 4. The van der Waals surface area contributed by atoms with Crippen LogP contribution in [-0.2, 0) is 4.74 Å². The predicted octanol–water partition coefficient (Wildman–Crippen LogP) is -0.957. The lowest BCUT2D eigenvalue weighted by Crippen LogP contribution is -2.34. The van der Waals surface area contributed by atoms with E-state index in [0.29, 0.717) is 16.6 Å². The van der Waals surface area contributed by atoms with Crippen molar-refractivity contribution >= 4 is 45.9 Å². The van der Waals surface area contributed by atoms with E-state index in [1.54, 1.807) is 0 Å². The molecule has 12 heteroatoms. The Kier molecular flexibility index (Phi) is 4.88. The lowest BCUT2D eigenvalue weighted by molar-refractivity contribution is -0.0518. The van der Waals surface area contributed by atoms with Crippen molar-refractivity contribution in [2.75, 3.05) is 17.7 Å². The molecular formula is C13H18ClN5O5S. The number of aromatic nitrogens is 3. The summed E-state index contributed by atoms with van der Waals surface area (Å²) in [4.78, 5) is 20.3. The van der Waals surface area contributed by atoms with Crippen molar-refractivity contribution in [1.82, 2.24) is 14.5 Å². The topological polar surface area (TPSA) is 156 Å². The number of fused-ring (bicyclic) bond motifs is 1. The van der Waals surface area contributed by atoms with Gasteiger partial charge < -0.3 is 31.1 Å². The largest absolute Gasteiger partial charge is 0.394 e. The average Bonchev–Trinajstić information content (AvgIpc) is 3.24. The van der Waals surface area contributed by atoms with Gasteiger partial charge >= 0.3 is 4.87 Å². The molecule has 0 radical (unpaired) electrons. The van der Waals surface area contributed by atoms with Gasteiger partial charge in [0.05, 0.1) is 6.61 Å². The molecule has 10 nitrogen and oxygen atoms in total. The predicted molar refractivity (Wildman–Crippen MR) is 93.0 cm³/mol. The Bertz CT molecular complexity index is 840. The second kappa shape index (κ2) is 6.67. The Morgan fingerprint density at radius 1 is 1.32 bits per heavy atom. The van der Waals surface area contributed by atoms with E-state index < -0.39 is 36.0 Å². The first-order chi connectivity index (χ1) is 11.5. The molecule has 1 saturated carbocycles. The highest BCUT2D eigenvalue weighted by atomic mass is 35.5. The molecule has 2 fully saturated rings. The fourth-order valence-corrected chi connectivity index (χ4v) is 3.67. The Morgan fingerprint density at radius 2 is 2.04 bits per heavy atom. The molecule has 2 aromatic rings. The summed E-state index contributed by atoms with van der Waals surface area (Å²) in [5.41, 5.74) is 5.98. The Labute approximate surface area is 151 Å². The Hall–Kier alpha value is -1.50. The number of nitrogen functional groups attached to an aromatic ring is 1. The molecule has 0 unspecified atom stereocenters. The molecule has 6 N–H and O–H groups in total. The second-order valence-corrected chi connectivity index (χ2v) is 6.93. The van der Waals surface area contributed by atoms with Gasteiger partial charge in [-0.25, -0.2) is 0 Å². The molecule has 0 bridgehead atoms. The van der Waals surface area contributed by atoms with Gasteiger partial charge in [0.1, 0.15) is 23.0 Å². The molecule has 4 rings (SSSR count). The quantitative estimate of drug-likeness (QED) is 0.443. The summed E-state index contributed by atoms with van der Waals surface area (Å²) < 4.78 is 7.10. The number of ether oxygens (including phenoxy) is 1. The first-order valence-corrected chi connectivity index (χ1v) is 8.38. The number of nitrogens with two attached hydrogens (primary N) is 1. The number of aliphatic hydroxyl groups is 3. The Balaban J connectivity index is 0.00000182. The SMILES string of the molecule is Cl.Nc1nc(NC2CC2)c2sc(=O)n([C@@H]3O[C@H](CO)[C@@H](O)[C@H]3O)c2n1. The van der Waals surface area contributed by atoms with E-state index in [1.807, 2.05) is 0 Å². The molecule has 0 spiro atoms. The summed E-state index contributed by atoms with van der Waals surface area (Å²) in [6, 6.07) is 0.307. The number of thiazole rings is 1. The van der Waals surface area contributed by atoms with Crippen LogP contribution in [0.5, 0.6) is 0 Å². The van der Waals surface area contributed by atoms with Gasteiger partial charge in [-0.05, 0) is 12.8 Å². The van der Waals surface area contributed by atoms with E-state index in [1.165, 1.54) is 0 Å². The van der Waals surface area contributed by atoms with Gasteiger partial charge in [-0.3, -0.25) is 9.36 Å². The molecule has 3 heterocycles. The number of hydrogen-bond donors (Lipinski definition) is 5.